The molecule has 1 aromatic carbocycles. The van der Waals surface area contributed by atoms with Gasteiger partial charge in [0.25, 0.3) is 0 Å². The third-order valence-corrected chi connectivity index (χ3v) is 2.34. The van der Waals surface area contributed by atoms with E-state index in [4.69, 9.17) is 24.8 Å². The van der Waals surface area contributed by atoms with Crippen LogP contribution in [0.15, 0.2) is 43.0 Å². The van der Waals surface area contributed by atoms with Crippen LogP contribution in [0, 0.1) is 0 Å². The molecule has 3 heteroatoms. The molecular formula is C11H12NS2-. The lowest BCUT2D eigenvalue weighted by Gasteiger charge is -2.27. The Labute approximate surface area is 95.8 Å². The molecule has 0 saturated heterocycles. The monoisotopic (exact) mass is 222 g/mol. The van der Waals surface area contributed by atoms with Gasteiger partial charge in [0.15, 0.2) is 0 Å². The normalized spacial score (nSPS) is 9.43. The lowest BCUT2D eigenvalue weighted by Crippen LogP contribution is -2.27. The summed E-state index contributed by atoms with van der Waals surface area (Å²) in [5.74, 6) is 0. The summed E-state index contributed by atoms with van der Waals surface area (Å²) in [5, 5.41) is 0. The van der Waals surface area contributed by atoms with Gasteiger partial charge in [-0.3, -0.25) is 0 Å². The number of benzene rings is 1. The lowest BCUT2D eigenvalue weighted by molar-refractivity contribution is 0.473. The Hall–Kier alpha value is -0.930. The maximum Gasteiger partial charge on any atom is 0.0417 e. The molecule has 1 aromatic rings. The van der Waals surface area contributed by atoms with Gasteiger partial charge in [-0.05, 0) is 5.56 Å². The van der Waals surface area contributed by atoms with Gasteiger partial charge in [-0.1, -0.05) is 40.7 Å². The Morgan fingerprint density at radius 1 is 1.43 bits per heavy atom. The molecule has 1 nitrogen and oxygen atoms in total. The molecular weight excluding hydrogens is 210 g/mol. The highest BCUT2D eigenvalue weighted by molar-refractivity contribution is 8.00. The summed E-state index contributed by atoms with van der Waals surface area (Å²) < 4.78 is 0.494. The van der Waals surface area contributed by atoms with Gasteiger partial charge in [-0.25, -0.2) is 0 Å². The van der Waals surface area contributed by atoms with Crippen LogP contribution in [-0.4, -0.2) is 15.8 Å². The van der Waals surface area contributed by atoms with Crippen molar-refractivity contribution in [3.05, 3.63) is 48.6 Å². The minimum atomic E-state index is 0.494. The molecule has 14 heavy (non-hydrogen) atoms. The fraction of sp³-hybridized carbons (Fsp3) is 0.182. The van der Waals surface area contributed by atoms with Crippen molar-refractivity contribution in [1.82, 2.24) is 4.90 Å². The molecule has 0 saturated carbocycles. The van der Waals surface area contributed by atoms with Crippen LogP contribution in [0.5, 0.6) is 0 Å². The first kappa shape index (κ1) is 11.1. The van der Waals surface area contributed by atoms with Crippen LogP contribution in [-0.2, 0) is 19.2 Å². The maximum absolute atomic E-state index is 4.97. The number of nitrogens with zero attached hydrogens (tertiary/aromatic N) is 1. The van der Waals surface area contributed by atoms with E-state index in [1.165, 1.54) is 5.56 Å². The quantitative estimate of drug-likeness (QED) is 0.438. The Morgan fingerprint density at radius 3 is 2.57 bits per heavy atom. The zero-order valence-electron chi connectivity index (χ0n) is 7.85. The molecule has 0 radical (unpaired) electrons. The van der Waals surface area contributed by atoms with E-state index in [9.17, 15) is 0 Å². The van der Waals surface area contributed by atoms with Gasteiger partial charge in [0, 0.05) is 13.1 Å². The van der Waals surface area contributed by atoms with E-state index < -0.39 is 0 Å². The average molecular weight is 222 g/mol. The van der Waals surface area contributed by atoms with E-state index in [1.807, 2.05) is 29.2 Å². The summed E-state index contributed by atoms with van der Waals surface area (Å²) >= 11 is 9.95. The van der Waals surface area contributed by atoms with Crippen molar-refractivity contribution >= 4 is 29.2 Å². The molecule has 74 valence electrons. The summed E-state index contributed by atoms with van der Waals surface area (Å²) in [4.78, 5) is 1.94. The van der Waals surface area contributed by atoms with Crippen LogP contribution in [0.25, 0.3) is 0 Å². The largest absolute Gasteiger partial charge is 0.411 e. The van der Waals surface area contributed by atoms with Gasteiger partial charge in [0.2, 0.25) is 0 Å². The van der Waals surface area contributed by atoms with Crippen molar-refractivity contribution in [3.63, 3.8) is 0 Å². The first-order valence-electron chi connectivity index (χ1n) is 4.35. The molecule has 0 spiro atoms. The van der Waals surface area contributed by atoms with E-state index in [1.54, 1.807) is 0 Å². The Balaban J connectivity index is 2.64. The van der Waals surface area contributed by atoms with E-state index in [-0.39, 0.29) is 0 Å². The molecule has 0 amide bonds. The highest BCUT2D eigenvalue weighted by atomic mass is 32.1. The Bertz CT molecular complexity index is 308. The van der Waals surface area contributed by atoms with Crippen LogP contribution >= 0.6 is 12.2 Å². The van der Waals surface area contributed by atoms with E-state index in [0.717, 1.165) is 6.54 Å². The first-order chi connectivity index (χ1) is 6.74. The molecule has 0 aliphatic heterocycles. The predicted molar refractivity (Wildman–Crippen MR) is 67.0 cm³/mol. The van der Waals surface area contributed by atoms with Gasteiger partial charge >= 0.3 is 0 Å². The Kier molecular flexibility index (Phi) is 4.56. The predicted octanol–water partition coefficient (Wildman–Crippen LogP) is 2.51. The third-order valence-electron chi connectivity index (χ3n) is 1.82. The molecule has 0 atom stereocenters. The number of rotatable bonds is 4. The van der Waals surface area contributed by atoms with Gasteiger partial charge in [0.1, 0.15) is 0 Å². The third kappa shape index (κ3) is 3.44. The number of thiocarbonyl (C=S) groups is 1. The van der Waals surface area contributed by atoms with E-state index >= 15 is 0 Å². The van der Waals surface area contributed by atoms with Gasteiger partial charge in [-0.2, -0.15) is 0 Å². The van der Waals surface area contributed by atoms with Gasteiger partial charge < -0.3 is 29.7 Å². The van der Waals surface area contributed by atoms with Crippen molar-refractivity contribution in [2.45, 2.75) is 6.54 Å². The first-order valence-corrected chi connectivity index (χ1v) is 5.16. The lowest BCUT2D eigenvalue weighted by atomic mass is 10.2. The summed E-state index contributed by atoms with van der Waals surface area (Å²) in [6, 6.07) is 10.1. The molecule has 0 aliphatic carbocycles. The molecule has 0 N–H and O–H groups in total. The van der Waals surface area contributed by atoms with Gasteiger partial charge in [0.05, 0.1) is 0 Å². The van der Waals surface area contributed by atoms with Crippen LogP contribution in [0.3, 0.4) is 0 Å². The second-order valence-electron chi connectivity index (χ2n) is 2.92. The summed E-state index contributed by atoms with van der Waals surface area (Å²) in [5.41, 5.74) is 1.21. The standard InChI is InChI=1S/C11H13NS2/c1-2-8-12(11(13)14)9-10-6-4-3-5-7-10/h2-7H,1,8-9H2,(H,13,14)/p-1. The molecule has 0 aromatic heterocycles. The number of hydrogen-bond acceptors (Lipinski definition) is 2. The fourth-order valence-electron chi connectivity index (χ4n) is 1.16. The second kappa shape index (κ2) is 5.73. The highest BCUT2D eigenvalue weighted by Gasteiger charge is 1.99. The SMILES string of the molecule is C=CCN(Cc1ccccc1)C(=S)[S-]. The van der Waals surface area contributed by atoms with Gasteiger partial charge in [-0.15, -0.1) is 6.58 Å². The Morgan fingerprint density at radius 2 is 2.07 bits per heavy atom. The summed E-state index contributed by atoms with van der Waals surface area (Å²) in [6.07, 6.45) is 1.81. The zero-order chi connectivity index (χ0) is 10.4. The topological polar surface area (TPSA) is 3.24 Å². The molecule has 1 rings (SSSR count). The van der Waals surface area contributed by atoms with E-state index in [0.29, 0.717) is 10.9 Å². The molecule has 0 fully saturated rings. The van der Waals surface area contributed by atoms with E-state index in [2.05, 4.69) is 18.7 Å². The minimum Gasteiger partial charge on any atom is -0.411 e. The van der Waals surface area contributed by atoms with Crippen LogP contribution < -0.4 is 0 Å². The summed E-state index contributed by atoms with van der Waals surface area (Å²) in [6.45, 7) is 5.14. The highest BCUT2D eigenvalue weighted by Crippen LogP contribution is 2.04. The average Bonchev–Trinajstić information content (AvgIpc) is 2.18. The van der Waals surface area contributed by atoms with Crippen molar-refractivity contribution in [1.29, 1.82) is 0 Å². The fourth-order valence-corrected chi connectivity index (χ4v) is 1.44. The minimum absolute atomic E-state index is 0.494. The van der Waals surface area contributed by atoms with Crippen LogP contribution in [0.4, 0.5) is 0 Å². The van der Waals surface area contributed by atoms with Crippen molar-refractivity contribution in [2.24, 2.45) is 0 Å². The van der Waals surface area contributed by atoms with Crippen molar-refractivity contribution in [3.8, 4) is 0 Å². The van der Waals surface area contributed by atoms with Crippen LogP contribution in [0.1, 0.15) is 5.56 Å². The van der Waals surface area contributed by atoms with Crippen molar-refractivity contribution in [2.75, 3.05) is 6.54 Å². The number of hydrogen-bond donors (Lipinski definition) is 0. The zero-order valence-corrected chi connectivity index (χ0v) is 9.48. The smallest absolute Gasteiger partial charge is 0.0417 e. The molecule has 0 aliphatic rings. The molecule has 0 bridgehead atoms. The van der Waals surface area contributed by atoms with Crippen LogP contribution in [0.2, 0.25) is 0 Å². The second-order valence-corrected chi connectivity index (χ2v) is 3.95. The molecule has 0 unspecified atom stereocenters. The molecule has 0 heterocycles. The summed E-state index contributed by atoms with van der Waals surface area (Å²) in [7, 11) is 0. The maximum atomic E-state index is 4.97. The van der Waals surface area contributed by atoms with Crippen molar-refractivity contribution < 1.29 is 0 Å².